The highest BCUT2D eigenvalue weighted by Gasteiger charge is 2.18. The number of hydrogen-bond acceptors (Lipinski definition) is 5. The summed E-state index contributed by atoms with van der Waals surface area (Å²) >= 11 is 0. The predicted octanol–water partition coefficient (Wildman–Crippen LogP) is 27.4. The lowest BCUT2D eigenvalue weighted by atomic mass is 10.0. The first-order valence-corrected chi connectivity index (χ1v) is 41.3. The smallest absolute Gasteiger partial charge is 0.305 e. The summed E-state index contributed by atoms with van der Waals surface area (Å²) in [6.45, 7) is 4.95. The monoisotopic (exact) mass is 1260 g/mol. The molecule has 0 aromatic heterocycles. The lowest BCUT2D eigenvalue weighted by Gasteiger charge is -2.20. The molecule has 6 nitrogen and oxygen atoms in total. The molecule has 0 rings (SSSR count). The SMILES string of the molecule is CCCCCCCC/C=C\CCCCCCCC(=O)OCCCCCCCCCCCCCC/C=C\CCCCCCCCCCCCCCCCCCCC(=O)NC(CO)C(O)/C=C/CCCCCCCCCCCCCCCCCCCCCCCCC. The summed E-state index contributed by atoms with van der Waals surface area (Å²) in [5.74, 6) is -0.0483. The van der Waals surface area contributed by atoms with Crippen LogP contribution in [0.5, 0.6) is 0 Å². The van der Waals surface area contributed by atoms with Gasteiger partial charge in [0, 0.05) is 12.8 Å². The molecule has 2 atom stereocenters. The van der Waals surface area contributed by atoms with Crippen molar-refractivity contribution in [2.75, 3.05) is 13.2 Å². The summed E-state index contributed by atoms with van der Waals surface area (Å²) in [4.78, 5) is 24.6. The van der Waals surface area contributed by atoms with Crippen LogP contribution in [0.25, 0.3) is 0 Å². The number of aliphatic hydroxyl groups is 2. The topological polar surface area (TPSA) is 95.9 Å². The number of unbranched alkanes of at least 4 members (excludes halogenated alkanes) is 63. The van der Waals surface area contributed by atoms with Crippen molar-refractivity contribution in [3.63, 3.8) is 0 Å². The maximum absolute atomic E-state index is 12.6. The minimum atomic E-state index is -0.844. The molecule has 0 saturated heterocycles. The molecule has 0 aliphatic carbocycles. The third kappa shape index (κ3) is 75.1. The van der Waals surface area contributed by atoms with E-state index in [-0.39, 0.29) is 18.5 Å². The summed E-state index contributed by atoms with van der Waals surface area (Å²) in [6.07, 6.45) is 104. The molecule has 3 N–H and O–H groups in total. The highest BCUT2D eigenvalue weighted by atomic mass is 16.5. The van der Waals surface area contributed by atoms with Gasteiger partial charge >= 0.3 is 5.97 Å². The first-order valence-electron chi connectivity index (χ1n) is 41.3. The molecule has 0 aliphatic heterocycles. The Morgan fingerprint density at radius 1 is 0.300 bits per heavy atom. The van der Waals surface area contributed by atoms with Crippen LogP contribution in [-0.4, -0.2) is 47.4 Å². The van der Waals surface area contributed by atoms with Gasteiger partial charge in [-0.1, -0.05) is 403 Å². The molecule has 0 spiro atoms. The second-order valence-corrected chi connectivity index (χ2v) is 28.4. The van der Waals surface area contributed by atoms with Crippen molar-refractivity contribution < 1.29 is 24.5 Å². The number of ether oxygens (including phenoxy) is 1. The lowest BCUT2D eigenvalue weighted by molar-refractivity contribution is -0.143. The highest BCUT2D eigenvalue weighted by Crippen LogP contribution is 2.20. The molecule has 90 heavy (non-hydrogen) atoms. The Labute approximate surface area is 564 Å². The van der Waals surface area contributed by atoms with Crippen LogP contribution < -0.4 is 5.32 Å². The number of carbonyl (C=O) groups is 2. The normalized spacial score (nSPS) is 12.6. The Bertz CT molecular complexity index is 1460. The summed E-state index contributed by atoms with van der Waals surface area (Å²) in [5.41, 5.74) is 0. The molecule has 6 heteroatoms. The molecule has 0 saturated carbocycles. The molecule has 0 aromatic rings. The summed E-state index contributed by atoms with van der Waals surface area (Å²) in [6, 6.07) is -0.627. The zero-order chi connectivity index (χ0) is 64.9. The number of aliphatic hydroxyl groups excluding tert-OH is 2. The number of nitrogens with one attached hydrogen (secondary N) is 1. The van der Waals surface area contributed by atoms with Crippen molar-refractivity contribution in [1.82, 2.24) is 5.32 Å². The van der Waals surface area contributed by atoms with Gasteiger partial charge in [-0.05, 0) is 83.5 Å². The standard InChI is InChI=1S/C84H161NO5/c1-3-5-7-9-11-13-15-17-19-20-21-22-23-33-36-39-42-45-49-52-56-60-64-68-72-76-82(87)81(80-86)85-83(88)77-73-69-65-61-57-53-50-46-43-40-37-34-31-29-27-25-24-26-28-30-32-35-38-41-44-47-51-55-59-63-67-71-75-79-90-84(89)78-74-70-66-62-58-54-48-18-16-14-12-10-8-6-4-2/h18,28,30,48,72,76,81-82,86-87H,3-17,19-27,29,31-47,49-71,73-75,77-80H2,1-2H3,(H,85,88)/b30-28-,48-18-,76-72+. The fraction of sp³-hybridized carbons (Fsp3) is 0.905. The third-order valence-electron chi connectivity index (χ3n) is 19.4. The van der Waals surface area contributed by atoms with E-state index in [4.69, 9.17) is 4.74 Å². The van der Waals surface area contributed by atoms with Crippen molar-refractivity contribution in [2.24, 2.45) is 0 Å². The molecule has 0 aromatic carbocycles. The van der Waals surface area contributed by atoms with Crippen LogP contribution in [0.4, 0.5) is 0 Å². The second-order valence-electron chi connectivity index (χ2n) is 28.4. The van der Waals surface area contributed by atoms with Gasteiger partial charge < -0.3 is 20.3 Å². The Morgan fingerprint density at radius 2 is 0.522 bits per heavy atom. The molecule has 0 aliphatic rings. The van der Waals surface area contributed by atoms with Gasteiger partial charge in [0.15, 0.2) is 0 Å². The molecule has 0 fully saturated rings. The van der Waals surface area contributed by atoms with Crippen LogP contribution >= 0.6 is 0 Å². The second kappa shape index (κ2) is 79.5. The van der Waals surface area contributed by atoms with Crippen molar-refractivity contribution in [3.05, 3.63) is 36.5 Å². The molecule has 0 bridgehead atoms. The molecular weight excluding hydrogens is 1100 g/mol. The molecule has 532 valence electrons. The molecule has 1 amide bonds. The van der Waals surface area contributed by atoms with E-state index in [2.05, 4.69) is 43.5 Å². The van der Waals surface area contributed by atoms with Gasteiger partial charge in [-0.15, -0.1) is 0 Å². The van der Waals surface area contributed by atoms with Crippen molar-refractivity contribution in [3.8, 4) is 0 Å². The number of hydrogen-bond donors (Lipinski definition) is 3. The zero-order valence-electron chi connectivity index (χ0n) is 61.1. The fourth-order valence-electron chi connectivity index (χ4n) is 13.1. The summed E-state index contributed by atoms with van der Waals surface area (Å²) < 4.78 is 5.50. The fourth-order valence-corrected chi connectivity index (χ4v) is 13.1. The Morgan fingerprint density at radius 3 is 0.789 bits per heavy atom. The van der Waals surface area contributed by atoms with Gasteiger partial charge in [0.1, 0.15) is 0 Å². The Kier molecular flexibility index (Phi) is 77.8. The van der Waals surface area contributed by atoms with Gasteiger partial charge in [0.25, 0.3) is 0 Å². The van der Waals surface area contributed by atoms with E-state index in [0.717, 1.165) is 44.9 Å². The van der Waals surface area contributed by atoms with E-state index >= 15 is 0 Å². The van der Waals surface area contributed by atoms with Crippen LogP contribution in [0.1, 0.15) is 463 Å². The molecule has 2 unspecified atom stereocenters. The first-order chi connectivity index (χ1) is 44.5. The van der Waals surface area contributed by atoms with Crippen LogP contribution in [0, 0.1) is 0 Å². The van der Waals surface area contributed by atoms with Gasteiger partial charge in [0.2, 0.25) is 5.91 Å². The van der Waals surface area contributed by atoms with E-state index in [1.165, 1.54) is 392 Å². The Hall–Kier alpha value is -1.92. The van der Waals surface area contributed by atoms with Crippen LogP contribution in [0.3, 0.4) is 0 Å². The summed E-state index contributed by atoms with van der Waals surface area (Å²) in [7, 11) is 0. The van der Waals surface area contributed by atoms with Crippen molar-refractivity contribution >= 4 is 11.9 Å². The van der Waals surface area contributed by atoms with Crippen LogP contribution in [0.2, 0.25) is 0 Å². The minimum Gasteiger partial charge on any atom is -0.466 e. The number of carbonyl (C=O) groups excluding carboxylic acids is 2. The maximum atomic E-state index is 12.6. The molecular formula is C84H161NO5. The number of rotatable bonds is 78. The van der Waals surface area contributed by atoms with E-state index < -0.39 is 12.1 Å². The molecule has 0 heterocycles. The van der Waals surface area contributed by atoms with E-state index in [1.807, 2.05) is 6.08 Å². The van der Waals surface area contributed by atoms with Gasteiger partial charge in [-0.2, -0.15) is 0 Å². The maximum Gasteiger partial charge on any atom is 0.305 e. The van der Waals surface area contributed by atoms with Crippen molar-refractivity contribution in [1.29, 1.82) is 0 Å². The number of esters is 1. The summed E-state index contributed by atoms with van der Waals surface area (Å²) in [5, 5.41) is 23.3. The highest BCUT2D eigenvalue weighted by molar-refractivity contribution is 5.76. The van der Waals surface area contributed by atoms with E-state index in [1.54, 1.807) is 6.08 Å². The zero-order valence-corrected chi connectivity index (χ0v) is 61.1. The van der Waals surface area contributed by atoms with Gasteiger partial charge in [-0.3, -0.25) is 9.59 Å². The predicted molar refractivity (Wildman–Crippen MR) is 398 cm³/mol. The first kappa shape index (κ1) is 88.1. The number of allylic oxidation sites excluding steroid dienone is 5. The van der Waals surface area contributed by atoms with Crippen molar-refractivity contribution in [2.45, 2.75) is 475 Å². The third-order valence-corrected chi connectivity index (χ3v) is 19.4. The number of amides is 1. The van der Waals surface area contributed by atoms with Gasteiger partial charge in [-0.25, -0.2) is 0 Å². The molecule has 0 radical (unpaired) electrons. The van der Waals surface area contributed by atoms with Gasteiger partial charge in [0.05, 0.1) is 25.4 Å². The van der Waals surface area contributed by atoms with Crippen LogP contribution in [-0.2, 0) is 14.3 Å². The van der Waals surface area contributed by atoms with Crippen LogP contribution in [0.15, 0.2) is 36.5 Å². The largest absolute Gasteiger partial charge is 0.466 e. The quantitative estimate of drug-likeness (QED) is 0.0320. The van der Waals surface area contributed by atoms with E-state index in [0.29, 0.717) is 19.4 Å². The minimum absolute atomic E-state index is 0.0113. The average Bonchev–Trinajstić information content (AvgIpc) is 3.61. The Balaban J connectivity index is 3.38. The average molecular weight is 1270 g/mol. The lowest BCUT2D eigenvalue weighted by Crippen LogP contribution is -2.45. The van der Waals surface area contributed by atoms with E-state index in [9.17, 15) is 19.8 Å².